The van der Waals surface area contributed by atoms with Crippen molar-refractivity contribution in [3.05, 3.63) is 35.4 Å². The largest absolute Gasteiger partial charge is 0.478 e. The fourth-order valence-corrected chi connectivity index (χ4v) is 1.96. The second-order valence-electron chi connectivity index (χ2n) is 5.02. The first kappa shape index (κ1) is 12.1. The van der Waals surface area contributed by atoms with Crippen molar-refractivity contribution in [2.45, 2.75) is 38.2 Å². The van der Waals surface area contributed by atoms with Crippen LogP contribution in [0.4, 0.5) is 0 Å². The lowest BCUT2D eigenvalue weighted by molar-refractivity contribution is 0.0619. The highest BCUT2D eigenvalue weighted by Crippen LogP contribution is 2.48. The smallest absolute Gasteiger partial charge is 0.335 e. The van der Waals surface area contributed by atoms with Crippen LogP contribution >= 0.6 is 0 Å². The molecular formula is C14H18O3. The standard InChI is InChI=1S/C14H18O3/c1-10(2)17-9-14(7-8-14)12-5-3-11(4-6-12)13(15)16/h3-6,10H,7-9H2,1-2H3,(H,15,16). The highest BCUT2D eigenvalue weighted by Gasteiger charge is 2.44. The van der Waals surface area contributed by atoms with Gasteiger partial charge in [0.15, 0.2) is 0 Å². The van der Waals surface area contributed by atoms with E-state index in [1.54, 1.807) is 12.1 Å². The summed E-state index contributed by atoms with van der Waals surface area (Å²) in [5.41, 5.74) is 1.68. The molecule has 1 aliphatic rings. The van der Waals surface area contributed by atoms with E-state index in [4.69, 9.17) is 9.84 Å². The minimum atomic E-state index is -0.875. The topological polar surface area (TPSA) is 46.5 Å². The Morgan fingerprint density at radius 2 is 1.94 bits per heavy atom. The molecule has 0 aliphatic heterocycles. The second kappa shape index (κ2) is 4.49. The van der Waals surface area contributed by atoms with E-state index < -0.39 is 5.97 Å². The molecule has 1 aromatic rings. The van der Waals surface area contributed by atoms with E-state index in [0.29, 0.717) is 5.56 Å². The Hall–Kier alpha value is -1.35. The first-order chi connectivity index (χ1) is 8.03. The van der Waals surface area contributed by atoms with Gasteiger partial charge in [-0.3, -0.25) is 0 Å². The molecule has 0 unspecified atom stereocenters. The zero-order valence-electron chi connectivity index (χ0n) is 10.3. The van der Waals surface area contributed by atoms with Gasteiger partial charge in [-0.15, -0.1) is 0 Å². The summed E-state index contributed by atoms with van der Waals surface area (Å²) in [5, 5.41) is 8.85. The molecule has 0 spiro atoms. The van der Waals surface area contributed by atoms with Crippen molar-refractivity contribution in [1.29, 1.82) is 0 Å². The normalized spacial score (nSPS) is 17.1. The minimum Gasteiger partial charge on any atom is -0.478 e. The molecule has 1 aliphatic carbocycles. The quantitative estimate of drug-likeness (QED) is 0.852. The van der Waals surface area contributed by atoms with E-state index >= 15 is 0 Å². The van der Waals surface area contributed by atoms with Crippen LogP contribution in [-0.2, 0) is 10.2 Å². The Kier molecular flexibility index (Phi) is 3.20. The monoisotopic (exact) mass is 234 g/mol. The van der Waals surface area contributed by atoms with Gasteiger partial charge in [0.1, 0.15) is 0 Å². The van der Waals surface area contributed by atoms with Crippen molar-refractivity contribution in [1.82, 2.24) is 0 Å². The predicted molar refractivity (Wildman–Crippen MR) is 65.4 cm³/mol. The molecule has 3 nitrogen and oxygen atoms in total. The molecule has 2 rings (SSSR count). The van der Waals surface area contributed by atoms with Gasteiger partial charge in [0, 0.05) is 5.41 Å². The molecule has 0 bridgehead atoms. The number of hydrogen-bond donors (Lipinski definition) is 1. The van der Waals surface area contributed by atoms with Crippen LogP contribution < -0.4 is 0 Å². The van der Waals surface area contributed by atoms with Crippen LogP contribution in [0.3, 0.4) is 0 Å². The number of hydrogen-bond acceptors (Lipinski definition) is 2. The van der Waals surface area contributed by atoms with Gasteiger partial charge in [-0.25, -0.2) is 4.79 Å². The lowest BCUT2D eigenvalue weighted by Gasteiger charge is -2.18. The van der Waals surface area contributed by atoms with Crippen molar-refractivity contribution >= 4 is 5.97 Å². The summed E-state index contributed by atoms with van der Waals surface area (Å²) in [7, 11) is 0. The van der Waals surface area contributed by atoms with E-state index in [2.05, 4.69) is 0 Å². The second-order valence-corrected chi connectivity index (χ2v) is 5.02. The number of aromatic carboxylic acids is 1. The number of ether oxygens (including phenoxy) is 1. The maximum atomic E-state index is 10.8. The molecule has 92 valence electrons. The predicted octanol–water partition coefficient (Wildman–Crippen LogP) is 2.84. The molecule has 0 amide bonds. The average Bonchev–Trinajstić information content (AvgIpc) is 3.08. The highest BCUT2D eigenvalue weighted by molar-refractivity contribution is 5.87. The van der Waals surface area contributed by atoms with Crippen LogP contribution in [0.25, 0.3) is 0 Å². The van der Waals surface area contributed by atoms with E-state index in [0.717, 1.165) is 19.4 Å². The molecule has 0 radical (unpaired) electrons. The van der Waals surface area contributed by atoms with Gasteiger partial charge in [-0.05, 0) is 44.4 Å². The van der Waals surface area contributed by atoms with Crippen molar-refractivity contribution < 1.29 is 14.6 Å². The van der Waals surface area contributed by atoms with E-state index in [-0.39, 0.29) is 11.5 Å². The van der Waals surface area contributed by atoms with Gasteiger partial charge in [-0.1, -0.05) is 12.1 Å². The minimum absolute atomic E-state index is 0.140. The Balaban J connectivity index is 2.09. The third-order valence-corrected chi connectivity index (χ3v) is 3.29. The molecule has 1 saturated carbocycles. The van der Waals surface area contributed by atoms with Gasteiger partial charge in [0.25, 0.3) is 0 Å². The summed E-state index contributed by atoms with van der Waals surface area (Å²) in [5.74, 6) is -0.875. The summed E-state index contributed by atoms with van der Waals surface area (Å²) >= 11 is 0. The van der Waals surface area contributed by atoms with Crippen LogP contribution in [0.15, 0.2) is 24.3 Å². The first-order valence-corrected chi connectivity index (χ1v) is 5.99. The summed E-state index contributed by atoms with van der Waals surface area (Å²) in [6.07, 6.45) is 2.50. The summed E-state index contributed by atoms with van der Waals surface area (Å²) in [6.45, 7) is 4.80. The third kappa shape index (κ3) is 2.67. The summed E-state index contributed by atoms with van der Waals surface area (Å²) in [4.78, 5) is 10.8. The van der Waals surface area contributed by atoms with Crippen molar-refractivity contribution in [3.63, 3.8) is 0 Å². The van der Waals surface area contributed by atoms with E-state index in [1.165, 1.54) is 5.56 Å². The third-order valence-electron chi connectivity index (χ3n) is 3.29. The molecular weight excluding hydrogens is 216 g/mol. The molecule has 0 saturated heterocycles. The van der Waals surface area contributed by atoms with Gasteiger partial charge in [0.2, 0.25) is 0 Å². The molecule has 0 aromatic heterocycles. The van der Waals surface area contributed by atoms with Crippen molar-refractivity contribution in [3.8, 4) is 0 Å². The molecule has 0 heterocycles. The molecule has 0 atom stereocenters. The number of carboxylic acids is 1. The number of rotatable bonds is 5. The first-order valence-electron chi connectivity index (χ1n) is 5.99. The highest BCUT2D eigenvalue weighted by atomic mass is 16.5. The number of benzene rings is 1. The zero-order chi connectivity index (χ0) is 12.5. The maximum Gasteiger partial charge on any atom is 0.335 e. The van der Waals surface area contributed by atoms with E-state index in [9.17, 15) is 4.79 Å². The molecule has 1 fully saturated rings. The van der Waals surface area contributed by atoms with Crippen LogP contribution in [0.2, 0.25) is 0 Å². The Morgan fingerprint density at radius 3 is 2.35 bits per heavy atom. The van der Waals surface area contributed by atoms with Crippen molar-refractivity contribution in [2.75, 3.05) is 6.61 Å². The van der Waals surface area contributed by atoms with Crippen LogP contribution in [-0.4, -0.2) is 23.8 Å². The van der Waals surface area contributed by atoms with Crippen molar-refractivity contribution in [2.24, 2.45) is 0 Å². The fraction of sp³-hybridized carbons (Fsp3) is 0.500. The van der Waals surface area contributed by atoms with E-state index in [1.807, 2.05) is 26.0 Å². The summed E-state index contributed by atoms with van der Waals surface area (Å²) in [6, 6.07) is 7.18. The van der Waals surface area contributed by atoms with Gasteiger partial charge < -0.3 is 9.84 Å². The van der Waals surface area contributed by atoms with Crippen LogP contribution in [0.5, 0.6) is 0 Å². The number of carbonyl (C=O) groups is 1. The Morgan fingerprint density at radius 1 is 1.35 bits per heavy atom. The SMILES string of the molecule is CC(C)OCC1(c2ccc(C(=O)O)cc2)CC1. The lowest BCUT2D eigenvalue weighted by atomic mass is 9.96. The zero-order valence-corrected chi connectivity index (χ0v) is 10.3. The molecule has 1 N–H and O–H groups in total. The summed E-state index contributed by atoms with van der Waals surface area (Å²) < 4.78 is 5.68. The van der Waals surface area contributed by atoms with Gasteiger partial charge >= 0.3 is 5.97 Å². The van der Waals surface area contributed by atoms with Gasteiger partial charge in [-0.2, -0.15) is 0 Å². The fourth-order valence-electron chi connectivity index (χ4n) is 1.96. The molecule has 1 aromatic carbocycles. The Bertz CT molecular complexity index is 402. The van der Waals surface area contributed by atoms with Crippen LogP contribution in [0, 0.1) is 0 Å². The lowest BCUT2D eigenvalue weighted by Crippen LogP contribution is -2.18. The number of carboxylic acid groups (broad SMARTS) is 1. The molecule has 17 heavy (non-hydrogen) atoms. The molecule has 3 heteroatoms. The van der Waals surface area contributed by atoms with Crippen LogP contribution in [0.1, 0.15) is 42.6 Å². The Labute approximate surface area is 101 Å². The maximum absolute atomic E-state index is 10.8. The van der Waals surface area contributed by atoms with Gasteiger partial charge in [0.05, 0.1) is 18.3 Å². The average molecular weight is 234 g/mol.